The maximum atomic E-state index is 3.74. The van der Waals surface area contributed by atoms with Gasteiger partial charge >= 0.3 is 0 Å². The topological polar surface area (TPSA) is 15.8 Å². The summed E-state index contributed by atoms with van der Waals surface area (Å²) in [6.45, 7) is 4.53. The molecule has 0 bridgehead atoms. The fraction of sp³-hybridized carbons (Fsp3) is 0.111. The van der Waals surface area contributed by atoms with E-state index in [0.717, 1.165) is 12.8 Å². The Morgan fingerprint density at radius 2 is 1.46 bits per heavy atom. The van der Waals surface area contributed by atoms with Gasteiger partial charge in [0, 0.05) is 16.6 Å². The van der Waals surface area contributed by atoms with Gasteiger partial charge < -0.3 is 4.98 Å². The number of aromatic amines is 1. The molecule has 0 spiro atoms. The smallest absolute Gasteiger partial charge is 0.0541 e. The molecule has 1 heteroatoms. The third-order valence-electron chi connectivity index (χ3n) is 8.58. The largest absolute Gasteiger partial charge is 0.354 e. The number of rotatable bonds is 2. The summed E-state index contributed by atoms with van der Waals surface area (Å²) in [6, 6.07) is 31.9. The van der Waals surface area contributed by atoms with Gasteiger partial charge in [-0.3, -0.25) is 0 Å². The molecule has 0 aliphatic heterocycles. The standard InChI is InChI=1S/C36H27N/c1-21-13-14-25(28-10-6-11-30-29-9-3-4-12-33(29)37-36(28)30)19-31(21)32-20-26-16-15-23-7-5-8-24-17-18-27(22(32)2)35(26)34(23)24/h4-8,10-20,37H,3,9H2,1-2H3. The van der Waals surface area contributed by atoms with Crippen LogP contribution in [-0.2, 0) is 6.42 Å². The molecule has 0 saturated carbocycles. The van der Waals surface area contributed by atoms with Crippen molar-refractivity contribution in [2.45, 2.75) is 26.7 Å². The maximum Gasteiger partial charge on any atom is 0.0541 e. The summed E-state index contributed by atoms with van der Waals surface area (Å²) in [5.74, 6) is 0. The zero-order valence-corrected chi connectivity index (χ0v) is 21.2. The van der Waals surface area contributed by atoms with Crippen LogP contribution in [0.2, 0.25) is 0 Å². The van der Waals surface area contributed by atoms with E-state index >= 15 is 0 Å². The van der Waals surface area contributed by atoms with Gasteiger partial charge in [0.25, 0.3) is 0 Å². The molecule has 0 unspecified atom stereocenters. The van der Waals surface area contributed by atoms with Crippen LogP contribution >= 0.6 is 0 Å². The fourth-order valence-electron chi connectivity index (χ4n) is 6.68. The zero-order valence-electron chi connectivity index (χ0n) is 21.2. The summed E-state index contributed by atoms with van der Waals surface area (Å²) in [5, 5.41) is 9.44. The van der Waals surface area contributed by atoms with E-state index in [4.69, 9.17) is 0 Å². The molecule has 0 atom stereocenters. The first-order chi connectivity index (χ1) is 18.2. The van der Waals surface area contributed by atoms with Gasteiger partial charge in [0.05, 0.1) is 5.52 Å². The number of aromatic nitrogens is 1. The Balaban J connectivity index is 1.37. The van der Waals surface area contributed by atoms with Gasteiger partial charge in [0.15, 0.2) is 0 Å². The quantitative estimate of drug-likeness (QED) is 0.240. The minimum Gasteiger partial charge on any atom is -0.354 e. The van der Waals surface area contributed by atoms with E-state index < -0.39 is 0 Å². The number of H-pyrrole nitrogens is 1. The Labute approximate surface area is 216 Å². The summed E-state index contributed by atoms with van der Waals surface area (Å²) in [5.41, 5.74) is 11.8. The lowest BCUT2D eigenvalue weighted by atomic mass is 9.86. The Hall–Kier alpha value is -4.36. The van der Waals surface area contributed by atoms with Crippen LogP contribution in [0.1, 0.15) is 28.8 Å². The molecule has 0 amide bonds. The highest BCUT2D eigenvalue weighted by molar-refractivity contribution is 6.24. The fourth-order valence-corrected chi connectivity index (χ4v) is 6.68. The van der Waals surface area contributed by atoms with E-state index in [9.17, 15) is 0 Å². The minimum atomic E-state index is 1.11. The molecule has 6 aromatic carbocycles. The number of allylic oxidation sites excluding steroid dienone is 1. The first-order valence-electron chi connectivity index (χ1n) is 13.3. The van der Waals surface area contributed by atoms with Crippen molar-refractivity contribution >= 4 is 49.3 Å². The molecule has 1 heterocycles. The molecule has 1 nitrogen and oxygen atoms in total. The first-order valence-corrected chi connectivity index (χ1v) is 13.3. The second kappa shape index (κ2) is 7.57. The van der Waals surface area contributed by atoms with Crippen LogP contribution in [0.3, 0.4) is 0 Å². The van der Waals surface area contributed by atoms with Crippen molar-refractivity contribution in [1.82, 2.24) is 4.98 Å². The van der Waals surface area contributed by atoms with Crippen molar-refractivity contribution in [2.24, 2.45) is 0 Å². The van der Waals surface area contributed by atoms with Crippen molar-refractivity contribution in [3.05, 3.63) is 113 Å². The number of aryl methyl sites for hydroxylation is 3. The molecule has 0 saturated heterocycles. The lowest BCUT2D eigenvalue weighted by Crippen LogP contribution is -1.93. The van der Waals surface area contributed by atoms with Crippen molar-refractivity contribution in [3.8, 4) is 22.3 Å². The maximum absolute atomic E-state index is 3.74. The highest BCUT2D eigenvalue weighted by atomic mass is 14.7. The average Bonchev–Trinajstić information content (AvgIpc) is 3.32. The van der Waals surface area contributed by atoms with Crippen LogP contribution in [0.4, 0.5) is 0 Å². The number of fused-ring (bicyclic) bond motifs is 3. The summed E-state index contributed by atoms with van der Waals surface area (Å²) in [7, 11) is 0. The van der Waals surface area contributed by atoms with Crippen molar-refractivity contribution < 1.29 is 0 Å². The Kier molecular flexibility index (Phi) is 4.25. The van der Waals surface area contributed by atoms with E-state index in [1.807, 2.05) is 0 Å². The van der Waals surface area contributed by atoms with Crippen LogP contribution in [0, 0.1) is 13.8 Å². The molecule has 7 aromatic rings. The van der Waals surface area contributed by atoms with Crippen LogP contribution in [0.5, 0.6) is 0 Å². The molecule has 1 aliphatic rings. The summed E-state index contributed by atoms with van der Waals surface area (Å²) >= 11 is 0. The van der Waals surface area contributed by atoms with Gasteiger partial charge in [0.2, 0.25) is 0 Å². The van der Waals surface area contributed by atoms with Gasteiger partial charge in [-0.05, 0) is 111 Å². The molecule has 0 fully saturated rings. The number of nitrogens with one attached hydrogen (secondary N) is 1. The Morgan fingerprint density at radius 1 is 0.649 bits per heavy atom. The molecule has 176 valence electrons. The molecule has 1 aliphatic carbocycles. The van der Waals surface area contributed by atoms with E-state index in [2.05, 4.69) is 116 Å². The van der Waals surface area contributed by atoms with Crippen molar-refractivity contribution in [3.63, 3.8) is 0 Å². The third kappa shape index (κ3) is 2.92. The van der Waals surface area contributed by atoms with Gasteiger partial charge in [-0.1, -0.05) is 78.9 Å². The third-order valence-corrected chi connectivity index (χ3v) is 8.58. The van der Waals surface area contributed by atoms with E-state index in [-0.39, 0.29) is 0 Å². The zero-order chi connectivity index (χ0) is 24.7. The van der Waals surface area contributed by atoms with Gasteiger partial charge in [0.1, 0.15) is 0 Å². The number of benzene rings is 6. The number of hydrogen-bond donors (Lipinski definition) is 1. The number of para-hydroxylation sites is 1. The minimum absolute atomic E-state index is 1.11. The van der Waals surface area contributed by atoms with Gasteiger partial charge in [-0.25, -0.2) is 0 Å². The summed E-state index contributed by atoms with van der Waals surface area (Å²) < 4.78 is 0. The lowest BCUT2D eigenvalue weighted by molar-refractivity contribution is 0.992. The molecule has 0 radical (unpaired) electrons. The highest BCUT2D eigenvalue weighted by Gasteiger charge is 2.18. The normalized spacial score (nSPS) is 13.4. The molecular formula is C36H27N. The van der Waals surface area contributed by atoms with Crippen molar-refractivity contribution in [1.29, 1.82) is 0 Å². The predicted octanol–water partition coefficient (Wildman–Crippen LogP) is 9.98. The SMILES string of the molecule is Cc1ccc(-c2cccc3c4c([nH]c23)C=CCC4)cc1-c1cc2ccc3cccc4ccc(c1C)c2c34. The second-order valence-corrected chi connectivity index (χ2v) is 10.6. The first kappa shape index (κ1) is 20.8. The monoisotopic (exact) mass is 473 g/mol. The average molecular weight is 474 g/mol. The highest BCUT2D eigenvalue weighted by Crippen LogP contribution is 2.42. The van der Waals surface area contributed by atoms with Crippen LogP contribution in [0.25, 0.3) is 71.6 Å². The molecule has 8 rings (SSSR count). The van der Waals surface area contributed by atoms with Gasteiger partial charge in [-0.15, -0.1) is 0 Å². The molecular weight excluding hydrogens is 446 g/mol. The van der Waals surface area contributed by atoms with E-state index in [1.165, 1.54) is 87.9 Å². The van der Waals surface area contributed by atoms with Crippen LogP contribution < -0.4 is 0 Å². The van der Waals surface area contributed by atoms with E-state index in [0.29, 0.717) is 0 Å². The summed E-state index contributed by atoms with van der Waals surface area (Å²) in [6.07, 6.45) is 6.75. The molecule has 37 heavy (non-hydrogen) atoms. The van der Waals surface area contributed by atoms with Gasteiger partial charge in [-0.2, -0.15) is 0 Å². The van der Waals surface area contributed by atoms with Crippen LogP contribution in [-0.4, -0.2) is 4.98 Å². The lowest BCUT2D eigenvalue weighted by Gasteiger charge is -2.18. The Morgan fingerprint density at radius 3 is 2.35 bits per heavy atom. The number of hydrogen-bond acceptors (Lipinski definition) is 0. The predicted molar refractivity (Wildman–Crippen MR) is 160 cm³/mol. The van der Waals surface area contributed by atoms with Crippen molar-refractivity contribution in [2.75, 3.05) is 0 Å². The summed E-state index contributed by atoms with van der Waals surface area (Å²) in [4.78, 5) is 3.74. The van der Waals surface area contributed by atoms with Crippen LogP contribution in [0.15, 0.2) is 91.0 Å². The Bertz CT molecular complexity index is 2030. The van der Waals surface area contributed by atoms with E-state index in [1.54, 1.807) is 0 Å². The molecule has 1 N–H and O–H groups in total. The second-order valence-electron chi connectivity index (χ2n) is 10.6. The molecule has 1 aromatic heterocycles.